The second kappa shape index (κ2) is 11.1. The lowest BCUT2D eigenvalue weighted by Gasteiger charge is -2.32. The largest absolute Gasteiger partial charge is 0.504 e. The third kappa shape index (κ3) is 5.16. The second-order valence-electron chi connectivity index (χ2n) is 11.2. The van der Waals surface area contributed by atoms with Crippen LogP contribution in [0.25, 0.3) is 22.1 Å². The molecule has 5 rings (SSSR count). The predicted molar refractivity (Wildman–Crippen MR) is 155 cm³/mol. The highest BCUT2D eigenvalue weighted by molar-refractivity contribution is 5.96. The monoisotopic (exact) mass is 541 g/mol. The molecule has 1 fully saturated rings. The molecule has 40 heavy (non-hydrogen) atoms. The Morgan fingerprint density at radius 3 is 2.23 bits per heavy atom. The Morgan fingerprint density at radius 1 is 0.950 bits per heavy atom. The van der Waals surface area contributed by atoms with Crippen LogP contribution in [-0.2, 0) is 12.8 Å². The van der Waals surface area contributed by atoms with Crippen molar-refractivity contribution in [2.24, 2.45) is 11.8 Å². The molecule has 0 atom stereocenters. The molecule has 1 aromatic heterocycles. The van der Waals surface area contributed by atoms with Crippen LogP contribution in [-0.4, -0.2) is 39.2 Å². The number of nitrogens with zero attached hydrogens (tertiary/aromatic N) is 1. The van der Waals surface area contributed by atoms with Gasteiger partial charge in [-0.15, -0.1) is 0 Å². The first-order valence-corrected chi connectivity index (χ1v) is 13.8. The number of hydrogen-bond donors (Lipinski definition) is 3. The second-order valence-corrected chi connectivity index (χ2v) is 11.2. The topological polar surface area (TPSA) is 111 Å². The van der Waals surface area contributed by atoms with Gasteiger partial charge in [0.1, 0.15) is 16.7 Å². The van der Waals surface area contributed by atoms with Crippen LogP contribution in [0.1, 0.15) is 53.9 Å². The fraction of sp³-hybridized carbons (Fsp3) is 0.333. The minimum absolute atomic E-state index is 0.0386. The van der Waals surface area contributed by atoms with Crippen LogP contribution in [0.2, 0.25) is 0 Å². The van der Waals surface area contributed by atoms with E-state index in [0.29, 0.717) is 42.3 Å². The number of rotatable bonds is 6. The van der Waals surface area contributed by atoms with Crippen LogP contribution >= 0.6 is 0 Å². The quantitative estimate of drug-likeness (QED) is 0.252. The Kier molecular flexibility index (Phi) is 7.57. The fourth-order valence-electron chi connectivity index (χ4n) is 5.73. The molecule has 0 unspecified atom stereocenters. The van der Waals surface area contributed by atoms with Crippen molar-refractivity contribution in [3.63, 3.8) is 0 Å². The molecule has 0 saturated carbocycles. The number of benzene rings is 3. The third-order valence-electron chi connectivity index (χ3n) is 7.84. The number of phenols is 3. The molecule has 0 spiro atoms. The van der Waals surface area contributed by atoms with Gasteiger partial charge in [0.2, 0.25) is 11.2 Å². The maximum atomic E-state index is 13.6. The van der Waals surface area contributed by atoms with E-state index < -0.39 is 22.7 Å². The zero-order valence-electron chi connectivity index (χ0n) is 23.1. The van der Waals surface area contributed by atoms with E-state index in [2.05, 4.69) is 24.3 Å². The van der Waals surface area contributed by atoms with Gasteiger partial charge in [0.15, 0.2) is 11.5 Å². The van der Waals surface area contributed by atoms with E-state index in [1.807, 2.05) is 24.8 Å². The molecular weight excluding hydrogens is 506 g/mol. The third-order valence-corrected chi connectivity index (χ3v) is 7.84. The maximum absolute atomic E-state index is 13.6. The summed E-state index contributed by atoms with van der Waals surface area (Å²) in [5, 5.41) is 31.2. The van der Waals surface area contributed by atoms with Crippen molar-refractivity contribution in [2.75, 3.05) is 13.1 Å². The van der Waals surface area contributed by atoms with Gasteiger partial charge < -0.3 is 24.6 Å². The fourth-order valence-corrected chi connectivity index (χ4v) is 5.73. The predicted octanol–water partition coefficient (Wildman–Crippen LogP) is 6.18. The number of hydrogen-bond acceptors (Lipinski definition) is 6. The Morgan fingerprint density at radius 2 is 1.60 bits per heavy atom. The summed E-state index contributed by atoms with van der Waals surface area (Å²) < 4.78 is 6.00. The Bertz CT molecular complexity index is 1600. The molecule has 4 aromatic rings. The molecule has 3 N–H and O–H groups in total. The SMILES string of the molecule is Cc1oc2c(CC(C)C)c(O)c(O)c(O)c2c(=O)c1-c1ccc(C(=O)N2CCC(Cc3ccccc3)CC2)cc1. The summed E-state index contributed by atoms with van der Waals surface area (Å²) in [6.45, 7) is 6.93. The summed E-state index contributed by atoms with van der Waals surface area (Å²) in [5.74, 6) is -1.00. The van der Waals surface area contributed by atoms with E-state index in [0.717, 1.165) is 19.3 Å². The van der Waals surface area contributed by atoms with Gasteiger partial charge in [0.25, 0.3) is 5.91 Å². The van der Waals surface area contributed by atoms with Crippen molar-refractivity contribution in [2.45, 2.75) is 46.5 Å². The molecule has 1 aliphatic rings. The molecule has 7 nitrogen and oxygen atoms in total. The molecular formula is C33H35NO6. The van der Waals surface area contributed by atoms with E-state index in [1.54, 1.807) is 31.2 Å². The number of likely N-dealkylation sites (tertiary alicyclic amines) is 1. The van der Waals surface area contributed by atoms with Crippen LogP contribution in [0.15, 0.2) is 63.8 Å². The normalized spacial score (nSPS) is 14.2. The highest BCUT2D eigenvalue weighted by atomic mass is 16.3. The van der Waals surface area contributed by atoms with Gasteiger partial charge in [-0.2, -0.15) is 0 Å². The summed E-state index contributed by atoms with van der Waals surface area (Å²) in [4.78, 5) is 28.7. The average Bonchev–Trinajstić information content (AvgIpc) is 2.95. The first-order valence-electron chi connectivity index (χ1n) is 13.8. The Balaban J connectivity index is 1.38. The summed E-state index contributed by atoms with van der Waals surface area (Å²) in [5.41, 5.74) is 2.45. The van der Waals surface area contributed by atoms with Crippen LogP contribution in [0, 0.1) is 18.8 Å². The molecule has 0 bridgehead atoms. The highest BCUT2D eigenvalue weighted by Crippen LogP contribution is 2.45. The van der Waals surface area contributed by atoms with Gasteiger partial charge in [-0.05, 0) is 67.7 Å². The van der Waals surface area contributed by atoms with E-state index in [4.69, 9.17) is 4.42 Å². The van der Waals surface area contributed by atoms with Crippen molar-refractivity contribution in [3.05, 3.63) is 87.3 Å². The smallest absolute Gasteiger partial charge is 0.253 e. The standard InChI is InChI=1S/C33H35NO6/c1-19(2)17-25-28(35)31(38)30(37)27-29(36)26(20(3)40-32(25)27)23-9-11-24(12-10-23)33(39)34-15-13-22(14-16-34)18-21-7-5-4-6-8-21/h4-12,19,22,35,37-38H,13-18H2,1-3H3. The molecule has 208 valence electrons. The number of aromatic hydroxyl groups is 3. The molecule has 1 aliphatic heterocycles. The van der Waals surface area contributed by atoms with Gasteiger partial charge in [0, 0.05) is 24.2 Å². The van der Waals surface area contributed by atoms with Crippen LogP contribution in [0.3, 0.4) is 0 Å². The summed E-state index contributed by atoms with van der Waals surface area (Å²) in [6.07, 6.45) is 3.29. The lowest BCUT2D eigenvalue weighted by atomic mass is 9.90. The number of aryl methyl sites for hydroxylation is 1. The molecule has 7 heteroatoms. The van der Waals surface area contributed by atoms with Gasteiger partial charge in [0.05, 0.1) is 5.56 Å². The first kappa shape index (κ1) is 27.3. The zero-order valence-corrected chi connectivity index (χ0v) is 23.1. The Labute approximate surface area is 233 Å². The summed E-state index contributed by atoms with van der Waals surface area (Å²) >= 11 is 0. The number of carbonyl (C=O) groups excluding carboxylic acids is 1. The van der Waals surface area contributed by atoms with Crippen molar-refractivity contribution in [3.8, 4) is 28.4 Å². The van der Waals surface area contributed by atoms with Crippen molar-refractivity contribution in [1.29, 1.82) is 0 Å². The van der Waals surface area contributed by atoms with E-state index in [9.17, 15) is 24.9 Å². The minimum Gasteiger partial charge on any atom is -0.504 e. The van der Waals surface area contributed by atoms with E-state index in [-0.39, 0.29) is 33.9 Å². The van der Waals surface area contributed by atoms with Crippen molar-refractivity contribution < 1.29 is 24.5 Å². The summed E-state index contributed by atoms with van der Waals surface area (Å²) in [7, 11) is 0. The van der Waals surface area contributed by atoms with Crippen molar-refractivity contribution in [1.82, 2.24) is 4.90 Å². The first-order chi connectivity index (χ1) is 19.2. The minimum atomic E-state index is -0.737. The average molecular weight is 542 g/mol. The van der Waals surface area contributed by atoms with Gasteiger partial charge in [-0.1, -0.05) is 56.3 Å². The Hall–Kier alpha value is -4.26. The van der Waals surface area contributed by atoms with Crippen LogP contribution in [0.4, 0.5) is 0 Å². The summed E-state index contributed by atoms with van der Waals surface area (Å²) in [6, 6.07) is 17.2. The molecule has 1 saturated heterocycles. The van der Waals surface area contributed by atoms with Crippen LogP contribution < -0.4 is 5.43 Å². The lowest BCUT2D eigenvalue weighted by molar-refractivity contribution is 0.0690. The number of piperidine rings is 1. The number of fused-ring (bicyclic) bond motifs is 1. The zero-order chi connectivity index (χ0) is 28.6. The number of phenolic OH excluding ortho intramolecular Hbond substituents is 3. The van der Waals surface area contributed by atoms with E-state index >= 15 is 0 Å². The van der Waals surface area contributed by atoms with Gasteiger partial charge in [-0.3, -0.25) is 9.59 Å². The maximum Gasteiger partial charge on any atom is 0.253 e. The number of amides is 1. The number of carbonyl (C=O) groups is 1. The van der Waals surface area contributed by atoms with E-state index in [1.165, 1.54) is 5.56 Å². The van der Waals surface area contributed by atoms with Crippen molar-refractivity contribution >= 4 is 16.9 Å². The lowest BCUT2D eigenvalue weighted by Crippen LogP contribution is -2.38. The molecule has 0 radical (unpaired) electrons. The molecule has 0 aliphatic carbocycles. The van der Waals surface area contributed by atoms with Gasteiger partial charge in [-0.25, -0.2) is 0 Å². The van der Waals surface area contributed by atoms with Gasteiger partial charge >= 0.3 is 0 Å². The molecule has 2 heterocycles. The molecule has 3 aromatic carbocycles. The molecule has 1 amide bonds. The van der Waals surface area contributed by atoms with Crippen LogP contribution in [0.5, 0.6) is 17.2 Å². The highest BCUT2D eigenvalue weighted by Gasteiger charge is 2.27.